The smallest absolute Gasteiger partial charge is 0.191 e. The van der Waals surface area contributed by atoms with Crippen molar-refractivity contribution in [2.75, 3.05) is 41.3 Å². The van der Waals surface area contributed by atoms with Gasteiger partial charge in [0, 0.05) is 12.8 Å². The van der Waals surface area contributed by atoms with Gasteiger partial charge in [-0.15, -0.1) is 0 Å². The predicted molar refractivity (Wildman–Crippen MR) is 98.2 cm³/mol. The minimum Gasteiger partial charge on any atom is -0.296 e. The lowest BCUT2D eigenvalue weighted by Crippen LogP contribution is -2.25. The highest BCUT2D eigenvalue weighted by atomic mass is 15.3. The molecule has 2 unspecified atom stereocenters. The summed E-state index contributed by atoms with van der Waals surface area (Å²) >= 11 is 0. The summed E-state index contributed by atoms with van der Waals surface area (Å²) in [7, 11) is 8.89. The fourth-order valence-electron chi connectivity index (χ4n) is 3.52. The second-order valence-corrected chi connectivity index (χ2v) is 7.35. The van der Waals surface area contributed by atoms with Gasteiger partial charge >= 0.3 is 0 Å². The van der Waals surface area contributed by atoms with Gasteiger partial charge < -0.3 is 0 Å². The Morgan fingerprint density at radius 3 is 1.41 bits per heavy atom. The van der Waals surface area contributed by atoms with Crippen LogP contribution in [0.25, 0.3) is 0 Å². The second kappa shape index (κ2) is 10.4. The van der Waals surface area contributed by atoms with Gasteiger partial charge in [-0.1, -0.05) is 39.5 Å². The average molecular weight is 311 g/mol. The monoisotopic (exact) mass is 310 g/mol. The molecule has 3 heteroatoms. The van der Waals surface area contributed by atoms with Crippen molar-refractivity contribution in [1.82, 2.24) is 9.80 Å². The van der Waals surface area contributed by atoms with Crippen LogP contribution in [0.15, 0.2) is 0 Å². The zero-order valence-electron chi connectivity index (χ0n) is 16.1. The van der Waals surface area contributed by atoms with E-state index >= 15 is 0 Å². The van der Waals surface area contributed by atoms with Gasteiger partial charge in [0.25, 0.3) is 0 Å². The molecule has 3 nitrogen and oxygen atoms in total. The molecular weight excluding hydrogens is 270 g/mol. The van der Waals surface area contributed by atoms with E-state index in [2.05, 4.69) is 56.4 Å². The van der Waals surface area contributed by atoms with Crippen molar-refractivity contribution in [3.05, 3.63) is 0 Å². The summed E-state index contributed by atoms with van der Waals surface area (Å²) in [5, 5.41) is 0. The van der Waals surface area contributed by atoms with Crippen molar-refractivity contribution in [3.63, 3.8) is 0 Å². The van der Waals surface area contributed by atoms with Crippen molar-refractivity contribution in [2.45, 2.75) is 77.3 Å². The quantitative estimate of drug-likeness (QED) is 0.403. The molecule has 2 atom stereocenters. The van der Waals surface area contributed by atoms with Crippen LogP contribution in [-0.4, -0.2) is 73.5 Å². The first kappa shape index (κ1) is 19.6. The third-order valence-electron chi connectivity index (χ3n) is 4.84. The fourth-order valence-corrected chi connectivity index (χ4v) is 3.52. The van der Waals surface area contributed by atoms with Gasteiger partial charge in [0.05, 0.1) is 0 Å². The molecule has 1 fully saturated rings. The first-order valence-corrected chi connectivity index (χ1v) is 9.49. The van der Waals surface area contributed by atoms with E-state index in [1.807, 2.05) is 0 Å². The lowest BCUT2D eigenvalue weighted by atomic mass is 10.2. The number of rotatable bonds is 12. The van der Waals surface area contributed by atoms with Crippen molar-refractivity contribution in [2.24, 2.45) is 0 Å². The Bertz CT molecular complexity index is 304. The molecule has 0 aliphatic heterocycles. The van der Waals surface area contributed by atoms with E-state index in [0.717, 1.165) is 0 Å². The summed E-state index contributed by atoms with van der Waals surface area (Å²) in [6, 6.07) is 1.26. The van der Waals surface area contributed by atoms with Gasteiger partial charge in [0.1, 0.15) is 25.2 Å². The van der Waals surface area contributed by atoms with Crippen molar-refractivity contribution >= 4 is 5.71 Å². The van der Waals surface area contributed by atoms with Crippen molar-refractivity contribution in [3.8, 4) is 0 Å². The Labute approximate surface area is 139 Å². The van der Waals surface area contributed by atoms with Crippen LogP contribution >= 0.6 is 0 Å². The topological polar surface area (TPSA) is 9.49 Å². The van der Waals surface area contributed by atoms with E-state index in [-0.39, 0.29) is 0 Å². The van der Waals surface area contributed by atoms with Crippen LogP contribution in [0.3, 0.4) is 0 Å². The van der Waals surface area contributed by atoms with Gasteiger partial charge in [-0.3, -0.25) is 9.80 Å². The molecule has 0 amide bonds. The van der Waals surface area contributed by atoms with Crippen molar-refractivity contribution in [1.29, 1.82) is 0 Å². The van der Waals surface area contributed by atoms with Gasteiger partial charge in [0.2, 0.25) is 0 Å². The lowest BCUT2D eigenvalue weighted by molar-refractivity contribution is -0.528. The Hall–Kier alpha value is -0.410. The molecule has 22 heavy (non-hydrogen) atoms. The summed E-state index contributed by atoms with van der Waals surface area (Å²) < 4.78 is 2.72. The highest BCUT2D eigenvalue weighted by Crippen LogP contribution is 2.27. The number of unbranched alkanes of at least 4 members (excludes halogenated alkanes) is 6. The number of nitrogens with zero attached hydrogens (tertiary/aromatic N) is 3. The molecule has 0 spiro atoms. The van der Waals surface area contributed by atoms with Gasteiger partial charge in [-0.25, -0.2) is 4.58 Å². The van der Waals surface area contributed by atoms with Crippen LogP contribution < -0.4 is 0 Å². The Balaban J connectivity index is 2.67. The summed E-state index contributed by atoms with van der Waals surface area (Å²) in [5.74, 6) is 0. The molecule has 130 valence electrons. The first-order chi connectivity index (χ1) is 10.5. The number of likely N-dealkylation sites (N-methyl/N-ethyl adjacent to an activating group) is 2. The van der Waals surface area contributed by atoms with Crippen LogP contribution in [-0.2, 0) is 0 Å². The number of hydrogen-bond donors (Lipinski definition) is 0. The highest BCUT2D eigenvalue weighted by Gasteiger charge is 2.56. The molecule has 0 radical (unpaired) electrons. The Morgan fingerprint density at radius 2 is 1.09 bits per heavy atom. The van der Waals surface area contributed by atoms with E-state index in [9.17, 15) is 0 Å². The minimum atomic E-state index is 0.632. The van der Waals surface area contributed by atoms with Crippen LogP contribution in [0.1, 0.15) is 65.2 Å². The molecular formula is C19H40N3+. The molecule has 1 saturated carbocycles. The molecule has 0 N–H and O–H groups in total. The van der Waals surface area contributed by atoms with Gasteiger partial charge in [-0.05, 0) is 41.0 Å². The highest BCUT2D eigenvalue weighted by molar-refractivity contribution is 6.07. The predicted octanol–water partition coefficient (Wildman–Crippen LogP) is 3.47. The van der Waals surface area contributed by atoms with Gasteiger partial charge in [-0.2, -0.15) is 0 Å². The fraction of sp³-hybridized carbons (Fsp3) is 0.947. The summed E-state index contributed by atoms with van der Waals surface area (Å²) in [6.45, 7) is 7.11. The maximum atomic E-state index is 2.72. The van der Waals surface area contributed by atoms with E-state index in [1.165, 1.54) is 64.5 Å². The van der Waals surface area contributed by atoms with Crippen LogP contribution in [0, 0.1) is 0 Å². The van der Waals surface area contributed by atoms with E-state index in [1.54, 1.807) is 5.71 Å². The molecule has 1 aliphatic carbocycles. The second-order valence-electron chi connectivity index (χ2n) is 7.35. The zero-order chi connectivity index (χ0) is 16.5. The maximum Gasteiger partial charge on any atom is 0.191 e. The summed E-state index contributed by atoms with van der Waals surface area (Å²) in [5.41, 5.74) is 1.67. The molecule has 0 saturated heterocycles. The summed E-state index contributed by atoms with van der Waals surface area (Å²) in [4.78, 5) is 4.79. The molecule has 0 aromatic carbocycles. The maximum absolute atomic E-state index is 2.72. The van der Waals surface area contributed by atoms with E-state index in [0.29, 0.717) is 12.1 Å². The van der Waals surface area contributed by atoms with Crippen LogP contribution in [0.2, 0.25) is 0 Å². The average Bonchev–Trinajstić information content (AvgIpc) is 3.21. The van der Waals surface area contributed by atoms with E-state index < -0.39 is 0 Å². The minimum absolute atomic E-state index is 0.632. The van der Waals surface area contributed by atoms with Gasteiger partial charge in [0.15, 0.2) is 5.71 Å². The Kier molecular flexibility index (Phi) is 9.27. The zero-order valence-corrected chi connectivity index (χ0v) is 16.1. The largest absolute Gasteiger partial charge is 0.296 e. The molecule has 1 aliphatic rings. The molecule has 0 aromatic rings. The summed E-state index contributed by atoms with van der Waals surface area (Å²) in [6.07, 6.45) is 10.9. The van der Waals surface area contributed by atoms with Crippen LogP contribution in [0.4, 0.5) is 0 Å². The van der Waals surface area contributed by atoms with E-state index in [4.69, 9.17) is 0 Å². The molecule has 0 aromatic heterocycles. The molecule has 1 rings (SSSR count). The third-order valence-corrected chi connectivity index (χ3v) is 4.84. The van der Waals surface area contributed by atoms with Crippen molar-refractivity contribution < 1.29 is 4.58 Å². The lowest BCUT2D eigenvalue weighted by Gasteiger charge is -2.09. The number of hydrogen-bond acceptors (Lipinski definition) is 2. The molecule has 0 heterocycles. The first-order valence-electron chi connectivity index (χ1n) is 9.49. The SMILES string of the molecule is CCCCCC[N+](CCCCCC)=C1C(N(C)C)C1N(C)C. The standard InChI is InChI=1S/C19H40N3/c1-7-9-11-13-15-22(16-14-12-10-8-2)19-17(20(3)4)18(19)21(5)6/h17-18H,7-16H2,1-6H3/q+1. The van der Waals surface area contributed by atoms with Crippen LogP contribution in [0.5, 0.6) is 0 Å². The third kappa shape index (κ3) is 6.00. The normalized spacial score (nSPS) is 21.0. The Morgan fingerprint density at radius 1 is 0.682 bits per heavy atom. The molecule has 0 bridgehead atoms.